The van der Waals surface area contributed by atoms with Crippen LogP contribution in [0.3, 0.4) is 0 Å². The van der Waals surface area contributed by atoms with Gasteiger partial charge in [0.1, 0.15) is 23.1 Å². The van der Waals surface area contributed by atoms with Crippen molar-refractivity contribution in [3.8, 4) is 0 Å². The molecule has 2 aliphatic rings. The Morgan fingerprint density at radius 3 is 2.32 bits per heavy atom. The van der Waals surface area contributed by atoms with E-state index in [1.165, 1.54) is 29.3 Å². The molecule has 3 amide bonds. The first-order chi connectivity index (χ1) is 14.8. The molecule has 1 heterocycles. The zero-order valence-electron chi connectivity index (χ0n) is 18.1. The van der Waals surface area contributed by atoms with Gasteiger partial charge in [-0.05, 0) is 51.0 Å². The molecule has 1 aliphatic carbocycles. The number of nitrogens with zero attached hydrogens (tertiary/aromatic N) is 3. The highest BCUT2D eigenvalue weighted by Gasteiger charge is 2.44. The molecule has 0 aromatic heterocycles. The third-order valence-electron chi connectivity index (χ3n) is 6.11. The van der Waals surface area contributed by atoms with Crippen molar-refractivity contribution in [1.82, 2.24) is 10.2 Å². The average Bonchev–Trinajstić information content (AvgIpc) is 3.22. The lowest BCUT2D eigenvalue weighted by Gasteiger charge is -2.39. The summed E-state index contributed by atoms with van der Waals surface area (Å²) in [5, 5.41) is 8.63. The summed E-state index contributed by atoms with van der Waals surface area (Å²) < 4.78 is 13.3. The quantitative estimate of drug-likeness (QED) is 0.688. The Hall–Kier alpha value is -2.97. The van der Waals surface area contributed by atoms with Crippen LogP contribution in [0.15, 0.2) is 29.4 Å². The Morgan fingerprint density at radius 1 is 1.16 bits per heavy atom. The number of carbonyl (C=O) groups excluding carboxylic acids is 3. The van der Waals surface area contributed by atoms with E-state index in [1.54, 1.807) is 4.90 Å². The standard InChI is InChI=1S/C22H30FN5O3/c1-3-27(4-2)21(31)22(12-6-5-7-13-22)25-20(30)17-14-18(19(24)29)28(26-17)16-10-8-15(23)9-11-16/h8-11,18H,3-7,12-14H2,1-2H3,(H2,24,29)(H,25,30). The van der Waals surface area contributed by atoms with E-state index in [0.717, 1.165) is 19.3 Å². The second-order valence-electron chi connectivity index (χ2n) is 8.06. The number of hydrazone groups is 1. The van der Waals surface area contributed by atoms with Crippen LogP contribution in [-0.2, 0) is 14.4 Å². The van der Waals surface area contributed by atoms with Crippen LogP contribution < -0.4 is 16.1 Å². The summed E-state index contributed by atoms with van der Waals surface area (Å²) in [6.07, 6.45) is 3.89. The fourth-order valence-electron chi connectivity index (χ4n) is 4.35. The molecule has 1 aliphatic heterocycles. The molecule has 1 aromatic carbocycles. The fourth-order valence-corrected chi connectivity index (χ4v) is 4.35. The number of amides is 3. The molecule has 0 radical (unpaired) electrons. The molecule has 0 spiro atoms. The zero-order chi connectivity index (χ0) is 22.6. The highest BCUT2D eigenvalue weighted by atomic mass is 19.1. The van der Waals surface area contributed by atoms with Gasteiger partial charge in [-0.2, -0.15) is 5.10 Å². The van der Waals surface area contributed by atoms with Gasteiger partial charge in [0.2, 0.25) is 11.8 Å². The fraction of sp³-hybridized carbons (Fsp3) is 0.545. The van der Waals surface area contributed by atoms with E-state index in [1.807, 2.05) is 13.8 Å². The Bertz CT molecular complexity index is 860. The Morgan fingerprint density at radius 2 is 1.77 bits per heavy atom. The second kappa shape index (κ2) is 9.45. The van der Waals surface area contributed by atoms with Crippen LogP contribution in [0.1, 0.15) is 52.4 Å². The molecule has 9 heteroatoms. The zero-order valence-corrected chi connectivity index (χ0v) is 18.1. The minimum Gasteiger partial charge on any atom is -0.368 e. The van der Waals surface area contributed by atoms with Crippen LogP contribution in [0.5, 0.6) is 0 Å². The maximum atomic E-state index is 13.3. The van der Waals surface area contributed by atoms with E-state index in [-0.39, 0.29) is 18.0 Å². The van der Waals surface area contributed by atoms with Gasteiger partial charge < -0.3 is 16.0 Å². The number of halogens is 1. The molecule has 0 saturated heterocycles. The minimum absolute atomic E-state index is 0.0219. The molecular formula is C22H30FN5O3. The first-order valence-electron chi connectivity index (χ1n) is 10.8. The summed E-state index contributed by atoms with van der Waals surface area (Å²) in [4.78, 5) is 40.2. The summed E-state index contributed by atoms with van der Waals surface area (Å²) in [6.45, 7) is 4.96. The SMILES string of the molecule is CCN(CC)C(=O)C1(NC(=O)C2=NN(c3ccc(F)cc3)C(C(N)=O)C2)CCCCC1. The van der Waals surface area contributed by atoms with Gasteiger partial charge in [0.05, 0.1) is 5.69 Å². The molecule has 8 nitrogen and oxygen atoms in total. The number of likely N-dealkylation sites (N-methyl/N-ethyl adjacent to an activating group) is 1. The van der Waals surface area contributed by atoms with E-state index in [0.29, 0.717) is 31.6 Å². The van der Waals surface area contributed by atoms with Gasteiger partial charge in [-0.3, -0.25) is 19.4 Å². The average molecular weight is 432 g/mol. The first kappa shape index (κ1) is 22.7. The number of primary amides is 1. The summed E-state index contributed by atoms with van der Waals surface area (Å²) in [5.74, 6) is -1.61. The first-order valence-corrected chi connectivity index (χ1v) is 10.8. The lowest BCUT2D eigenvalue weighted by Crippen LogP contribution is -2.61. The molecule has 168 valence electrons. The van der Waals surface area contributed by atoms with E-state index >= 15 is 0 Å². The van der Waals surface area contributed by atoms with Gasteiger partial charge in [-0.15, -0.1) is 0 Å². The van der Waals surface area contributed by atoms with Crippen molar-refractivity contribution in [2.75, 3.05) is 18.1 Å². The molecule has 1 unspecified atom stereocenters. The van der Waals surface area contributed by atoms with Crippen molar-refractivity contribution in [1.29, 1.82) is 0 Å². The minimum atomic E-state index is -0.963. The number of anilines is 1. The van der Waals surface area contributed by atoms with Crippen LogP contribution in [0.4, 0.5) is 10.1 Å². The van der Waals surface area contributed by atoms with Gasteiger partial charge in [0, 0.05) is 19.5 Å². The number of carbonyl (C=O) groups is 3. The molecule has 3 rings (SSSR count). The highest BCUT2D eigenvalue weighted by molar-refractivity contribution is 6.40. The van der Waals surface area contributed by atoms with Crippen LogP contribution in [0.2, 0.25) is 0 Å². The van der Waals surface area contributed by atoms with E-state index < -0.39 is 29.2 Å². The third kappa shape index (κ3) is 4.70. The summed E-state index contributed by atoms with van der Waals surface area (Å²) in [6, 6.07) is 4.60. The highest BCUT2D eigenvalue weighted by Crippen LogP contribution is 2.31. The van der Waals surface area contributed by atoms with E-state index in [2.05, 4.69) is 10.4 Å². The van der Waals surface area contributed by atoms with Gasteiger partial charge in [0.25, 0.3) is 5.91 Å². The largest absolute Gasteiger partial charge is 0.368 e. The predicted octanol–water partition coefficient (Wildman–Crippen LogP) is 1.93. The summed E-state index contributed by atoms with van der Waals surface area (Å²) in [5.41, 5.74) is 5.16. The topological polar surface area (TPSA) is 108 Å². The maximum absolute atomic E-state index is 13.3. The number of nitrogens with two attached hydrogens (primary N) is 1. The number of nitrogens with one attached hydrogen (secondary N) is 1. The lowest BCUT2D eigenvalue weighted by atomic mass is 9.80. The van der Waals surface area contributed by atoms with Gasteiger partial charge >= 0.3 is 0 Å². The normalized spacial score (nSPS) is 20.2. The molecule has 31 heavy (non-hydrogen) atoms. The number of hydrogen-bond acceptors (Lipinski definition) is 5. The van der Waals surface area contributed by atoms with E-state index in [4.69, 9.17) is 5.73 Å². The van der Waals surface area contributed by atoms with Gasteiger partial charge in [-0.1, -0.05) is 19.3 Å². The van der Waals surface area contributed by atoms with E-state index in [9.17, 15) is 18.8 Å². The predicted molar refractivity (Wildman–Crippen MR) is 116 cm³/mol. The van der Waals surface area contributed by atoms with Crippen molar-refractivity contribution in [3.63, 3.8) is 0 Å². The second-order valence-corrected chi connectivity index (χ2v) is 8.06. The Kier molecular flexibility index (Phi) is 6.92. The number of rotatable bonds is 7. The summed E-state index contributed by atoms with van der Waals surface area (Å²) in [7, 11) is 0. The van der Waals surface area contributed by atoms with Crippen molar-refractivity contribution in [2.24, 2.45) is 10.8 Å². The van der Waals surface area contributed by atoms with Crippen LogP contribution in [0.25, 0.3) is 0 Å². The van der Waals surface area contributed by atoms with Crippen LogP contribution in [0, 0.1) is 5.82 Å². The van der Waals surface area contributed by atoms with Gasteiger partial charge in [-0.25, -0.2) is 4.39 Å². The van der Waals surface area contributed by atoms with Crippen molar-refractivity contribution < 1.29 is 18.8 Å². The number of hydrogen-bond donors (Lipinski definition) is 2. The van der Waals surface area contributed by atoms with Crippen molar-refractivity contribution in [3.05, 3.63) is 30.1 Å². The summed E-state index contributed by atoms with van der Waals surface area (Å²) >= 11 is 0. The lowest BCUT2D eigenvalue weighted by molar-refractivity contribution is -0.142. The molecule has 1 saturated carbocycles. The smallest absolute Gasteiger partial charge is 0.268 e. The van der Waals surface area contributed by atoms with Crippen molar-refractivity contribution >= 4 is 29.1 Å². The molecule has 1 aromatic rings. The van der Waals surface area contributed by atoms with Crippen LogP contribution >= 0.6 is 0 Å². The molecule has 1 atom stereocenters. The van der Waals surface area contributed by atoms with Crippen molar-refractivity contribution in [2.45, 2.75) is 64.0 Å². The van der Waals surface area contributed by atoms with Crippen LogP contribution in [-0.4, -0.2) is 53.0 Å². The molecule has 1 fully saturated rings. The molecule has 3 N–H and O–H groups in total. The monoisotopic (exact) mass is 431 g/mol. The number of benzene rings is 1. The molecular weight excluding hydrogens is 401 g/mol. The Balaban J connectivity index is 1.86. The van der Waals surface area contributed by atoms with Gasteiger partial charge in [0.15, 0.2) is 0 Å². The third-order valence-corrected chi connectivity index (χ3v) is 6.11. The Labute approximate surface area is 181 Å². The maximum Gasteiger partial charge on any atom is 0.268 e. The molecule has 0 bridgehead atoms.